The third kappa shape index (κ3) is 5.66. The van der Waals surface area contributed by atoms with Gasteiger partial charge in [0.2, 0.25) is 5.91 Å². The van der Waals surface area contributed by atoms with Crippen molar-refractivity contribution in [2.24, 2.45) is 5.92 Å². The Balaban J connectivity index is 1.33. The Morgan fingerprint density at radius 2 is 1.74 bits per heavy atom. The van der Waals surface area contributed by atoms with Gasteiger partial charge in [-0.15, -0.1) is 0 Å². The fraction of sp³-hybridized carbons (Fsp3) is 0.324. The maximum absolute atomic E-state index is 13.4. The molecule has 9 nitrogen and oxygen atoms in total. The lowest BCUT2D eigenvalue weighted by molar-refractivity contribution is -0.120. The van der Waals surface area contributed by atoms with Gasteiger partial charge < -0.3 is 29.9 Å². The molecule has 1 fully saturated rings. The van der Waals surface area contributed by atoms with E-state index < -0.39 is 5.97 Å². The number of anilines is 3. The van der Waals surface area contributed by atoms with Crippen LogP contribution < -0.4 is 15.5 Å². The number of methoxy groups -OCH3 is 2. The summed E-state index contributed by atoms with van der Waals surface area (Å²) in [6.07, 6.45) is 2.37. The van der Waals surface area contributed by atoms with Gasteiger partial charge in [0.25, 0.3) is 5.91 Å². The van der Waals surface area contributed by atoms with Crippen molar-refractivity contribution in [1.29, 1.82) is 0 Å². The van der Waals surface area contributed by atoms with Crippen LogP contribution in [0.5, 0.6) is 0 Å². The van der Waals surface area contributed by atoms with Crippen LogP contribution in [-0.4, -0.2) is 63.6 Å². The van der Waals surface area contributed by atoms with Crippen LogP contribution in [0.4, 0.5) is 17.1 Å². The van der Waals surface area contributed by atoms with Crippen LogP contribution in [0.2, 0.25) is 0 Å². The van der Waals surface area contributed by atoms with E-state index >= 15 is 0 Å². The van der Waals surface area contributed by atoms with Gasteiger partial charge in [-0.05, 0) is 74.8 Å². The molecule has 0 bridgehead atoms. The number of benzene rings is 3. The standard InChI is InChI=1S/C34H36N4O5/c1-37-15-13-21(14-16-37)17-30(39)38-20-29(42-2)26-19-24(10-12-28(26)38)35-32(22-7-5-4-6-8-22)31-25-11-9-23(34(41)43-3)18-27(25)36-33(31)40/h4-12,18-19,21,29,35H,13-17,20H2,1-3H3,(H,36,40)/b32-31-. The molecule has 3 aromatic rings. The summed E-state index contributed by atoms with van der Waals surface area (Å²) in [7, 11) is 5.12. The van der Waals surface area contributed by atoms with Crippen molar-refractivity contribution >= 4 is 46.1 Å². The van der Waals surface area contributed by atoms with Crippen LogP contribution in [0.1, 0.15) is 52.4 Å². The van der Waals surface area contributed by atoms with Crippen molar-refractivity contribution in [2.45, 2.75) is 25.4 Å². The summed E-state index contributed by atoms with van der Waals surface area (Å²) in [6, 6.07) is 20.6. The molecule has 1 unspecified atom stereocenters. The summed E-state index contributed by atoms with van der Waals surface area (Å²) in [6.45, 7) is 2.53. The Kier molecular flexibility index (Phi) is 8.01. The Morgan fingerprint density at radius 3 is 2.47 bits per heavy atom. The van der Waals surface area contributed by atoms with Crippen molar-refractivity contribution in [1.82, 2.24) is 4.90 Å². The van der Waals surface area contributed by atoms with Crippen molar-refractivity contribution in [3.63, 3.8) is 0 Å². The first-order valence-corrected chi connectivity index (χ1v) is 14.6. The van der Waals surface area contributed by atoms with E-state index in [9.17, 15) is 14.4 Å². The number of amides is 2. The average Bonchev–Trinajstić information content (AvgIpc) is 3.57. The minimum atomic E-state index is -0.472. The van der Waals surface area contributed by atoms with Gasteiger partial charge in [0, 0.05) is 36.0 Å². The molecule has 3 aliphatic heterocycles. The van der Waals surface area contributed by atoms with E-state index in [1.165, 1.54) is 7.11 Å². The topological polar surface area (TPSA) is 100 Å². The predicted octanol–water partition coefficient (Wildman–Crippen LogP) is 5.17. The molecule has 2 N–H and O–H groups in total. The molecule has 9 heteroatoms. The lowest BCUT2D eigenvalue weighted by Crippen LogP contribution is -2.35. The first-order chi connectivity index (χ1) is 20.9. The monoisotopic (exact) mass is 580 g/mol. The number of carbonyl (C=O) groups is 3. The highest BCUT2D eigenvalue weighted by molar-refractivity contribution is 6.37. The molecule has 0 saturated carbocycles. The number of hydrogen-bond acceptors (Lipinski definition) is 7. The van der Waals surface area contributed by atoms with Crippen molar-refractivity contribution in [2.75, 3.05) is 56.4 Å². The summed E-state index contributed by atoms with van der Waals surface area (Å²) >= 11 is 0. The second-order valence-electron chi connectivity index (χ2n) is 11.4. The third-order valence-electron chi connectivity index (χ3n) is 8.67. The molecule has 0 aromatic heterocycles. The molecule has 2 amide bonds. The number of likely N-dealkylation sites (tertiary alicyclic amines) is 1. The number of piperidine rings is 1. The molecule has 43 heavy (non-hydrogen) atoms. The highest BCUT2D eigenvalue weighted by Crippen LogP contribution is 2.42. The van der Waals surface area contributed by atoms with Crippen LogP contribution >= 0.6 is 0 Å². The molecule has 1 saturated heterocycles. The Bertz CT molecular complexity index is 1590. The number of carbonyl (C=O) groups excluding carboxylic acids is 3. The van der Waals surface area contributed by atoms with Gasteiger partial charge in [-0.1, -0.05) is 36.4 Å². The SMILES string of the molecule is COC(=O)c1ccc2c(c1)NC(=O)/C2=C(\Nc1ccc2c(c1)C(OC)CN2C(=O)CC1CCN(C)CC1)c1ccccc1. The average molecular weight is 581 g/mol. The third-order valence-corrected chi connectivity index (χ3v) is 8.67. The minimum absolute atomic E-state index is 0.133. The number of esters is 1. The Labute approximate surface area is 251 Å². The van der Waals surface area contributed by atoms with Gasteiger partial charge in [0.15, 0.2) is 0 Å². The molecule has 0 spiro atoms. The molecule has 222 valence electrons. The van der Waals surface area contributed by atoms with Gasteiger partial charge >= 0.3 is 5.97 Å². The normalized spacial score (nSPS) is 19.5. The second-order valence-corrected chi connectivity index (χ2v) is 11.4. The van der Waals surface area contributed by atoms with Crippen molar-refractivity contribution < 1.29 is 23.9 Å². The number of nitrogens with zero attached hydrogens (tertiary/aromatic N) is 2. The maximum Gasteiger partial charge on any atom is 0.337 e. The summed E-state index contributed by atoms with van der Waals surface area (Å²) in [5, 5.41) is 6.41. The van der Waals surface area contributed by atoms with E-state index in [1.807, 2.05) is 53.4 Å². The first-order valence-electron chi connectivity index (χ1n) is 14.6. The van der Waals surface area contributed by atoms with Crippen LogP contribution in [-0.2, 0) is 19.1 Å². The quantitative estimate of drug-likeness (QED) is 0.294. The number of ether oxygens (including phenoxy) is 2. The van der Waals surface area contributed by atoms with Crippen LogP contribution in [0, 0.1) is 5.92 Å². The van der Waals surface area contributed by atoms with Crippen molar-refractivity contribution in [3.05, 3.63) is 89.0 Å². The van der Waals surface area contributed by atoms with Crippen molar-refractivity contribution in [3.8, 4) is 0 Å². The largest absolute Gasteiger partial charge is 0.465 e. The lowest BCUT2D eigenvalue weighted by Gasteiger charge is -2.29. The van der Waals surface area contributed by atoms with Gasteiger partial charge in [-0.2, -0.15) is 0 Å². The highest BCUT2D eigenvalue weighted by Gasteiger charge is 2.35. The summed E-state index contributed by atoms with van der Waals surface area (Å²) in [4.78, 5) is 43.1. The zero-order valence-corrected chi connectivity index (χ0v) is 24.7. The zero-order chi connectivity index (χ0) is 30.1. The maximum atomic E-state index is 13.4. The molecule has 3 aliphatic rings. The smallest absolute Gasteiger partial charge is 0.337 e. The molecular weight excluding hydrogens is 544 g/mol. The first kappa shape index (κ1) is 28.6. The summed E-state index contributed by atoms with van der Waals surface area (Å²) < 4.78 is 10.7. The van der Waals surface area contributed by atoms with Gasteiger partial charge in [-0.3, -0.25) is 9.59 Å². The van der Waals surface area contributed by atoms with E-state index in [2.05, 4.69) is 22.6 Å². The second kappa shape index (κ2) is 12.0. The number of rotatable bonds is 7. The van der Waals surface area contributed by atoms with Gasteiger partial charge in [-0.25, -0.2) is 4.79 Å². The number of fused-ring (bicyclic) bond motifs is 2. The Morgan fingerprint density at radius 1 is 0.977 bits per heavy atom. The number of hydrogen-bond donors (Lipinski definition) is 2. The predicted molar refractivity (Wildman–Crippen MR) is 167 cm³/mol. The minimum Gasteiger partial charge on any atom is -0.465 e. The van der Waals surface area contributed by atoms with E-state index in [0.29, 0.717) is 47.0 Å². The Hall–Kier alpha value is -4.47. The van der Waals surface area contributed by atoms with Crippen LogP contribution in [0.25, 0.3) is 11.3 Å². The van der Waals surface area contributed by atoms with Crippen LogP contribution in [0.15, 0.2) is 66.7 Å². The molecule has 1 atom stereocenters. The molecule has 0 aliphatic carbocycles. The van der Waals surface area contributed by atoms with Gasteiger partial charge in [0.05, 0.1) is 36.2 Å². The molecule has 0 radical (unpaired) electrons. The van der Waals surface area contributed by atoms with Crippen LogP contribution in [0.3, 0.4) is 0 Å². The molecule has 6 rings (SSSR count). The molecular formula is C34H36N4O5. The number of nitrogens with one attached hydrogen (secondary N) is 2. The zero-order valence-electron chi connectivity index (χ0n) is 24.7. The molecule has 3 aromatic carbocycles. The van der Waals surface area contributed by atoms with Gasteiger partial charge in [0.1, 0.15) is 6.10 Å². The fourth-order valence-corrected chi connectivity index (χ4v) is 6.25. The van der Waals surface area contributed by atoms with E-state index in [4.69, 9.17) is 9.47 Å². The highest BCUT2D eigenvalue weighted by atomic mass is 16.5. The van der Waals surface area contributed by atoms with E-state index in [0.717, 1.165) is 48.4 Å². The fourth-order valence-electron chi connectivity index (χ4n) is 6.25. The molecule has 3 heterocycles. The van der Waals surface area contributed by atoms with E-state index in [1.54, 1.807) is 25.3 Å². The summed E-state index contributed by atoms with van der Waals surface area (Å²) in [5.41, 5.74) is 6.08. The summed E-state index contributed by atoms with van der Waals surface area (Å²) in [5.74, 6) is -0.210. The van der Waals surface area contributed by atoms with E-state index in [-0.39, 0.29) is 17.9 Å². The lowest BCUT2D eigenvalue weighted by atomic mass is 9.93.